The number of aliphatic hydroxyl groups excluding tert-OH is 1. The molecule has 1 aliphatic heterocycles. The Morgan fingerprint density at radius 2 is 2.08 bits per heavy atom. The molecule has 3 rings (SSSR count). The van der Waals surface area contributed by atoms with E-state index in [1.807, 2.05) is 41.9 Å². The maximum Gasteiger partial charge on any atom is 0.268 e. The Balaban J connectivity index is 1.55. The Labute approximate surface area is 148 Å². The van der Waals surface area contributed by atoms with Gasteiger partial charge in [0.05, 0.1) is 12.7 Å². The number of nitrogens with zero attached hydrogens (tertiary/aromatic N) is 2. The molecular weight excluding hydrogens is 318 g/mol. The molecule has 136 valence electrons. The number of para-hydroxylation sites is 1. The number of hydrogen-bond donors (Lipinski definition) is 2. The van der Waals surface area contributed by atoms with E-state index < -0.39 is 6.10 Å². The Morgan fingerprint density at radius 1 is 1.36 bits per heavy atom. The summed E-state index contributed by atoms with van der Waals surface area (Å²) in [4.78, 5) is 14.9. The van der Waals surface area contributed by atoms with Gasteiger partial charge >= 0.3 is 0 Å². The van der Waals surface area contributed by atoms with Gasteiger partial charge in [0.15, 0.2) is 0 Å². The molecule has 1 unspecified atom stereocenters. The maximum absolute atomic E-state index is 12.6. The first-order valence-electron chi connectivity index (χ1n) is 8.83. The van der Waals surface area contributed by atoms with E-state index in [-0.39, 0.29) is 11.9 Å². The highest BCUT2D eigenvalue weighted by Crippen LogP contribution is 2.19. The molecule has 25 heavy (non-hydrogen) atoms. The van der Waals surface area contributed by atoms with Gasteiger partial charge in [-0.3, -0.25) is 4.79 Å². The number of fused-ring (bicyclic) bond motifs is 1. The molecule has 0 bridgehead atoms. The van der Waals surface area contributed by atoms with Crippen LogP contribution in [0.1, 0.15) is 23.3 Å². The average molecular weight is 345 g/mol. The normalized spacial score (nSPS) is 17.7. The van der Waals surface area contributed by atoms with Crippen LogP contribution in [0.4, 0.5) is 0 Å². The lowest BCUT2D eigenvalue weighted by atomic mass is 10.0. The quantitative estimate of drug-likeness (QED) is 0.830. The molecular formula is C19H27N3O3. The number of aliphatic hydroxyl groups is 1. The molecule has 2 N–H and O–H groups in total. The Kier molecular flexibility index (Phi) is 5.73. The molecule has 6 nitrogen and oxygen atoms in total. The molecule has 1 aliphatic rings. The first-order chi connectivity index (χ1) is 12.1. The fourth-order valence-corrected chi connectivity index (χ4v) is 3.57. The minimum Gasteiger partial charge on any atom is -0.389 e. The molecule has 1 amide bonds. The SMILES string of the molecule is COCC(O)CN1CCC(NC(=O)c2cc3ccccc3n2C)CC1. The van der Waals surface area contributed by atoms with Crippen molar-refractivity contribution in [3.63, 3.8) is 0 Å². The summed E-state index contributed by atoms with van der Waals surface area (Å²) in [5.41, 5.74) is 1.76. The molecule has 1 aromatic heterocycles. The summed E-state index contributed by atoms with van der Waals surface area (Å²) in [5.74, 6) is -0.0171. The minimum absolute atomic E-state index is 0.0171. The number of aryl methyl sites for hydroxylation is 1. The molecule has 2 heterocycles. The van der Waals surface area contributed by atoms with Crippen molar-refractivity contribution >= 4 is 16.8 Å². The van der Waals surface area contributed by atoms with Gasteiger partial charge in [-0.25, -0.2) is 0 Å². The third-order valence-electron chi connectivity index (χ3n) is 4.94. The predicted octanol–water partition coefficient (Wildman–Crippen LogP) is 1.38. The van der Waals surface area contributed by atoms with Crippen LogP contribution in [0.5, 0.6) is 0 Å². The number of ether oxygens (including phenoxy) is 1. The highest BCUT2D eigenvalue weighted by molar-refractivity contribution is 5.98. The van der Waals surface area contributed by atoms with Crippen molar-refractivity contribution in [2.24, 2.45) is 7.05 Å². The third-order valence-corrected chi connectivity index (χ3v) is 4.94. The van der Waals surface area contributed by atoms with E-state index in [2.05, 4.69) is 10.2 Å². The highest BCUT2D eigenvalue weighted by Gasteiger charge is 2.23. The van der Waals surface area contributed by atoms with Crippen molar-refractivity contribution in [1.82, 2.24) is 14.8 Å². The predicted molar refractivity (Wildman–Crippen MR) is 97.7 cm³/mol. The molecule has 2 aromatic rings. The standard InChI is InChI=1S/C19H27N3O3/c1-21-17-6-4-3-5-14(17)11-18(21)19(24)20-15-7-9-22(10-8-15)12-16(23)13-25-2/h3-6,11,15-16,23H,7-10,12-13H2,1-2H3,(H,20,24). The largest absolute Gasteiger partial charge is 0.389 e. The zero-order valence-corrected chi connectivity index (χ0v) is 14.9. The van der Waals surface area contributed by atoms with Crippen molar-refractivity contribution in [3.8, 4) is 0 Å². The summed E-state index contributed by atoms with van der Waals surface area (Å²) in [6, 6.07) is 10.1. The van der Waals surface area contributed by atoms with Crippen molar-refractivity contribution in [2.75, 3.05) is 33.4 Å². The molecule has 1 saturated heterocycles. The monoisotopic (exact) mass is 345 g/mol. The fraction of sp³-hybridized carbons (Fsp3) is 0.526. The van der Waals surface area contributed by atoms with Gasteiger partial charge in [-0.05, 0) is 25.0 Å². The lowest BCUT2D eigenvalue weighted by molar-refractivity contribution is 0.0309. The maximum atomic E-state index is 12.6. The van der Waals surface area contributed by atoms with E-state index in [0.717, 1.165) is 36.8 Å². The second-order valence-electron chi connectivity index (χ2n) is 6.80. The Bertz CT molecular complexity index is 720. The lowest BCUT2D eigenvalue weighted by Gasteiger charge is -2.33. The number of rotatable bonds is 6. The zero-order chi connectivity index (χ0) is 17.8. The van der Waals surface area contributed by atoms with Crippen LogP contribution in [0.3, 0.4) is 0 Å². The van der Waals surface area contributed by atoms with E-state index in [0.29, 0.717) is 18.8 Å². The smallest absolute Gasteiger partial charge is 0.268 e. The second kappa shape index (κ2) is 7.99. The summed E-state index contributed by atoms with van der Waals surface area (Å²) in [5, 5.41) is 14.1. The van der Waals surface area contributed by atoms with Crippen molar-refractivity contribution in [2.45, 2.75) is 25.0 Å². The van der Waals surface area contributed by atoms with Crippen LogP contribution in [-0.4, -0.2) is 66.0 Å². The van der Waals surface area contributed by atoms with Crippen molar-refractivity contribution in [1.29, 1.82) is 0 Å². The molecule has 1 aromatic carbocycles. The molecule has 6 heteroatoms. The summed E-state index contributed by atoms with van der Waals surface area (Å²) >= 11 is 0. The Morgan fingerprint density at radius 3 is 2.76 bits per heavy atom. The van der Waals surface area contributed by atoms with E-state index in [1.54, 1.807) is 7.11 Å². The van der Waals surface area contributed by atoms with Crippen LogP contribution in [0, 0.1) is 0 Å². The molecule has 0 aliphatic carbocycles. The lowest BCUT2D eigenvalue weighted by Crippen LogP contribution is -2.47. The number of carbonyl (C=O) groups excluding carboxylic acids is 1. The van der Waals surface area contributed by atoms with Crippen molar-refractivity contribution < 1.29 is 14.6 Å². The number of aromatic nitrogens is 1. The number of carbonyl (C=O) groups is 1. The highest BCUT2D eigenvalue weighted by atomic mass is 16.5. The second-order valence-corrected chi connectivity index (χ2v) is 6.80. The summed E-state index contributed by atoms with van der Waals surface area (Å²) in [7, 11) is 3.52. The molecule has 0 radical (unpaired) electrons. The van der Waals surface area contributed by atoms with Crippen LogP contribution in [-0.2, 0) is 11.8 Å². The summed E-state index contributed by atoms with van der Waals surface area (Å²) in [6.45, 7) is 2.73. The number of piperidine rings is 1. The van der Waals surface area contributed by atoms with Gasteiger partial charge in [0.25, 0.3) is 5.91 Å². The van der Waals surface area contributed by atoms with Crippen LogP contribution in [0.25, 0.3) is 10.9 Å². The first kappa shape index (κ1) is 17.9. The fourth-order valence-electron chi connectivity index (χ4n) is 3.57. The van der Waals surface area contributed by atoms with Gasteiger partial charge in [0.2, 0.25) is 0 Å². The zero-order valence-electron chi connectivity index (χ0n) is 14.9. The van der Waals surface area contributed by atoms with Gasteiger partial charge in [0, 0.05) is 50.7 Å². The van der Waals surface area contributed by atoms with Crippen molar-refractivity contribution in [3.05, 3.63) is 36.0 Å². The van der Waals surface area contributed by atoms with Gasteiger partial charge in [0.1, 0.15) is 5.69 Å². The number of nitrogens with one attached hydrogen (secondary N) is 1. The number of β-amino-alcohol motifs (C(OH)–C–C–N with tert-alkyl or cyclic N) is 1. The Hall–Kier alpha value is -1.89. The number of hydrogen-bond acceptors (Lipinski definition) is 4. The van der Waals surface area contributed by atoms with Crippen LogP contribution < -0.4 is 5.32 Å². The third kappa shape index (κ3) is 4.21. The van der Waals surface area contributed by atoms with Crippen LogP contribution >= 0.6 is 0 Å². The van der Waals surface area contributed by atoms with E-state index >= 15 is 0 Å². The molecule has 0 spiro atoms. The number of amides is 1. The number of benzene rings is 1. The molecule has 1 atom stereocenters. The van der Waals surface area contributed by atoms with Gasteiger partial charge in [-0.15, -0.1) is 0 Å². The van der Waals surface area contributed by atoms with E-state index in [1.165, 1.54) is 0 Å². The van der Waals surface area contributed by atoms with Gasteiger partial charge < -0.3 is 24.6 Å². The summed E-state index contributed by atoms with van der Waals surface area (Å²) < 4.78 is 6.91. The average Bonchev–Trinajstić information content (AvgIpc) is 2.94. The van der Waals surface area contributed by atoms with Gasteiger partial charge in [-0.2, -0.15) is 0 Å². The molecule has 1 fully saturated rings. The topological polar surface area (TPSA) is 66.7 Å². The van der Waals surface area contributed by atoms with Crippen LogP contribution in [0.2, 0.25) is 0 Å². The van der Waals surface area contributed by atoms with E-state index in [9.17, 15) is 9.90 Å². The van der Waals surface area contributed by atoms with Gasteiger partial charge in [-0.1, -0.05) is 18.2 Å². The van der Waals surface area contributed by atoms with Crippen LogP contribution in [0.15, 0.2) is 30.3 Å². The minimum atomic E-state index is -0.452. The molecule has 0 saturated carbocycles. The van der Waals surface area contributed by atoms with E-state index in [4.69, 9.17) is 4.74 Å². The first-order valence-corrected chi connectivity index (χ1v) is 8.83. The number of methoxy groups -OCH3 is 1. The number of likely N-dealkylation sites (tertiary alicyclic amines) is 1. The summed E-state index contributed by atoms with van der Waals surface area (Å²) in [6.07, 6.45) is 1.34.